The monoisotopic (exact) mass is 339 g/mol. The molecule has 3 rings (SSSR count). The van der Waals surface area contributed by atoms with Crippen LogP contribution >= 0.6 is 0 Å². The molecule has 4 N–H and O–H groups in total. The Morgan fingerprint density at radius 2 is 1.96 bits per heavy atom. The minimum atomic E-state index is -4.47. The van der Waals surface area contributed by atoms with E-state index in [-0.39, 0.29) is 25.5 Å². The van der Waals surface area contributed by atoms with Crippen LogP contribution in [-0.2, 0) is 11.3 Å². The number of anilines is 1. The smallest absolute Gasteiger partial charge is 0.383 e. The standard InChI is InChI=1S/C15H16F3N5O/c16-15(17,18)10-6-23(5-9(10)14(20)24)7-12-21-11-4-2-1-3-8(11)13(19)22-12/h1-4,9-10H,5-7H2,(H2,20,24)(H2,19,21,22)/t9-,10-/m1/s1. The highest BCUT2D eigenvalue weighted by Crippen LogP contribution is 2.37. The van der Waals surface area contributed by atoms with Crippen molar-refractivity contribution in [1.29, 1.82) is 0 Å². The lowest BCUT2D eigenvalue weighted by molar-refractivity contribution is -0.182. The number of rotatable bonds is 3. The number of fused-ring (bicyclic) bond motifs is 1. The summed E-state index contributed by atoms with van der Waals surface area (Å²) in [5.41, 5.74) is 11.6. The van der Waals surface area contributed by atoms with Crippen LogP contribution in [0.2, 0.25) is 0 Å². The van der Waals surface area contributed by atoms with Crippen LogP contribution in [0.4, 0.5) is 19.0 Å². The van der Waals surface area contributed by atoms with Crippen LogP contribution in [0.25, 0.3) is 10.9 Å². The molecule has 0 unspecified atom stereocenters. The molecule has 1 fully saturated rings. The molecule has 2 aromatic rings. The largest absolute Gasteiger partial charge is 0.393 e. The van der Waals surface area contributed by atoms with E-state index >= 15 is 0 Å². The van der Waals surface area contributed by atoms with Crippen molar-refractivity contribution in [2.24, 2.45) is 17.6 Å². The molecule has 24 heavy (non-hydrogen) atoms. The number of nitrogen functional groups attached to an aromatic ring is 1. The van der Waals surface area contributed by atoms with E-state index in [2.05, 4.69) is 9.97 Å². The van der Waals surface area contributed by atoms with Gasteiger partial charge in [-0.1, -0.05) is 12.1 Å². The summed E-state index contributed by atoms with van der Waals surface area (Å²) < 4.78 is 39.2. The van der Waals surface area contributed by atoms with E-state index in [9.17, 15) is 18.0 Å². The molecule has 1 amide bonds. The van der Waals surface area contributed by atoms with Crippen LogP contribution < -0.4 is 11.5 Å². The topological polar surface area (TPSA) is 98.1 Å². The van der Waals surface area contributed by atoms with Gasteiger partial charge in [0, 0.05) is 18.5 Å². The Hall–Kier alpha value is -2.42. The van der Waals surface area contributed by atoms with Crippen molar-refractivity contribution >= 4 is 22.6 Å². The quantitative estimate of drug-likeness (QED) is 0.878. The maximum absolute atomic E-state index is 13.1. The molecule has 0 radical (unpaired) electrons. The minimum absolute atomic E-state index is 0.0738. The number of amides is 1. The predicted molar refractivity (Wildman–Crippen MR) is 81.5 cm³/mol. The van der Waals surface area contributed by atoms with E-state index in [0.717, 1.165) is 0 Å². The van der Waals surface area contributed by atoms with Gasteiger partial charge in [0.25, 0.3) is 0 Å². The molecule has 1 aliphatic heterocycles. The fourth-order valence-electron chi connectivity index (χ4n) is 3.06. The van der Waals surface area contributed by atoms with Crippen molar-refractivity contribution in [3.05, 3.63) is 30.1 Å². The average molecular weight is 339 g/mol. The second-order valence-electron chi connectivity index (χ2n) is 5.89. The van der Waals surface area contributed by atoms with Crippen molar-refractivity contribution in [3.63, 3.8) is 0 Å². The molecule has 1 aliphatic rings. The molecule has 0 aliphatic carbocycles. The molecule has 128 valence electrons. The van der Waals surface area contributed by atoms with Crippen molar-refractivity contribution in [1.82, 2.24) is 14.9 Å². The number of alkyl halides is 3. The zero-order chi connectivity index (χ0) is 17.5. The summed E-state index contributed by atoms with van der Waals surface area (Å²) >= 11 is 0. The third-order valence-electron chi connectivity index (χ3n) is 4.23. The van der Waals surface area contributed by atoms with Gasteiger partial charge in [0.05, 0.1) is 23.9 Å². The number of hydrogen-bond acceptors (Lipinski definition) is 5. The Bertz CT molecular complexity index is 779. The molecule has 1 saturated heterocycles. The molecule has 2 atom stereocenters. The fourth-order valence-corrected chi connectivity index (χ4v) is 3.06. The first-order valence-corrected chi connectivity index (χ1v) is 7.35. The summed E-state index contributed by atoms with van der Waals surface area (Å²) in [5.74, 6) is -3.39. The second kappa shape index (κ2) is 5.90. The zero-order valence-corrected chi connectivity index (χ0v) is 12.6. The van der Waals surface area contributed by atoms with Gasteiger partial charge >= 0.3 is 6.18 Å². The van der Waals surface area contributed by atoms with Gasteiger partial charge in [-0.25, -0.2) is 9.97 Å². The Labute approximate surface area is 135 Å². The van der Waals surface area contributed by atoms with E-state index in [4.69, 9.17) is 11.5 Å². The lowest BCUT2D eigenvalue weighted by atomic mass is 9.95. The van der Waals surface area contributed by atoms with Gasteiger partial charge in [-0.05, 0) is 12.1 Å². The van der Waals surface area contributed by atoms with Gasteiger partial charge in [0.15, 0.2) is 0 Å². The van der Waals surface area contributed by atoms with Crippen molar-refractivity contribution in [2.45, 2.75) is 12.7 Å². The number of benzene rings is 1. The molecule has 6 nitrogen and oxygen atoms in total. The second-order valence-corrected chi connectivity index (χ2v) is 5.89. The molecular formula is C15H16F3N5O. The SMILES string of the molecule is NC(=O)[C@@H]1CN(Cc2nc(N)c3ccccc3n2)C[C@H]1C(F)(F)F. The zero-order valence-electron chi connectivity index (χ0n) is 12.6. The first-order chi connectivity index (χ1) is 11.3. The Morgan fingerprint density at radius 1 is 1.25 bits per heavy atom. The van der Waals surface area contributed by atoms with Crippen LogP contribution in [0.1, 0.15) is 5.82 Å². The maximum atomic E-state index is 13.1. The summed E-state index contributed by atoms with van der Waals surface area (Å²) in [6.07, 6.45) is -4.47. The lowest BCUT2D eigenvalue weighted by Gasteiger charge is -2.18. The van der Waals surface area contributed by atoms with Crippen LogP contribution in [-0.4, -0.2) is 40.0 Å². The number of primary amides is 1. The number of halogens is 3. The molecule has 2 heterocycles. The molecule has 0 bridgehead atoms. The van der Waals surface area contributed by atoms with Gasteiger partial charge < -0.3 is 11.5 Å². The normalized spacial score (nSPS) is 22.1. The first-order valence-electron chi connectivity index (χ1n) is 7.35. The van der Waals surface area contributed by atoms with Crippen molar-refractivity contribution in [3.8, 4) is 0 Å². The van der Waals surface area contributed by atoms with Crippen LogP contribution in [0.15, 0.2) is 24.3 Å². The highest BCUT2D eigenvalue weighted by atomic mass is 19.4. The van der Waals surface area contributed by atoms with Gasteiger partial charge in [-0.3, -0.25) is 9.69 Å². The van der Waals surface area contributed by atoms with Crippen LogP contribution in [0, 0.1) is 11.8 Å². The fraction of sp³-hybridized carbons (Fsp3) is 0.400. The third-order valence-corrected chi connectivity index (χ3v) is 4.23. The number of hydrogen-bond donors (Lipinski definition) is 2. The number of carbonyl (C=O) groups is 1. The molecular weight excluding hydrogens is 323 g/mol. The summed E-state index contributed by atoms with van der Waals surface area (Å²) in [4.78, 5) is 21.3. The van der Waals surface area contributed by atoms with Gasteiger partial charge in [-0.15, -0.1) is 0 Å². The number of carbonyl (C=O) groups excluding carboxylic acids is 1. The van der Waals surface area contributed by atoms with Crippen molar-refractivity contribution < 1.29 is 18.0 Å². The van der Waals surface area contributed by atoms with E-state index in [1.165, 1.54) is 4.90 Å². The summed E-state index contributed by atoms with van der Waals surface area (Å²) in [5, 5.41) is 0.686. The molecule has 0 saturated carbocycles. The summed E-state index contributed by atoms with van der Waals surface area (Å²) in [6.45, 7) is -0.311. The van der Waals surface area contributed by atoms with Gasteiger partial charge in [-0.2, -0.15) is 13.2 Å². The van der Waals surface area contributed by atoms with Gasteiger partial charge in [0.1, 0.15) is 11.6 Å². The Balaban J connectivity index is 1.83. The summed E-state index contributed by atoms with van der Waals surface area (Å²) in [6, 6.07) is 7.11. The van der Waals surface area contributed by atoms with Crippen molar-refractivity contribution in [2.75, 3.05) is 18.8 Å². The third kappa shape index (κ3) is 3.12. The number of nitrogens with zero attached hydrogens (tertiary/aromatic N) is 3. The molecule has 1 aromatic carbocycles. The van der Waals surface area contributed by atoms with Crippen LogP contribution in [0.3, 0.4) is 0 Å². The van der Waals surface area contributed by atoms with Gasteiger partial charge in [0.2, 0.25) is 5.91 Å². The number of nitrogens with two attached hydrogens (primary N) is 2. The average Bonchev–Trinajstić information content (AvgIpc) is 2.91. The highest BCUT2D eigenvalue weighted by molar-refractivity contribution is 5.87. The number of likely N-dealkylation sites (tertiary alicyclic amines) is 1. The van der Waals surface area contributed by atoms with E-state index in [1.54, 1.807) is 24.3 Å². The molecule has 0 spiro atoms. The molecule has 9 heteroatoms. The minimum Gasteiger partial charge on any atom is -0.383 e. The highest BCUT2D eigenvalue weighted by Gasteiger charge is 2.51. The predicted octanol–water partition coefficient (Wildman–Crippen LogP) is 1.31. The number of para-hydroxylation sites is 1. The van der Waals surface area contributed by atoms with E-state index in [0.29, 0.717) is 16.7 Å². The summed E-state index contributed by atoms with van der Waals surface area (Å²) in [7, 11) is 0. The van der Waals surface area contributed by atoms with E-state index in [1.807, 2.05) is 0 Å². The van der Waals surface area contributed by atoms with E-state index < -0.39 is 23.9 Å². The molecule has 1 aromatic heterocycles. The maximum Gasteiger partial charge on any atom is 0.393 e. The Kier molecular flexibility index (Phi) is 4.04. The Morgan fingerprint density at radius 3 is 2.58 bits per heavy atom. The lowest BCUT2D eigenvalue weighted by Crippen LogP contribution is -2.37. The number of aromatic nitrogens is 2. The first kappa shape index (κ1) is 16.4. The van der Waals surface area contributed by atoms with Crippen LogP contribution in [0.5, 0.6) is 0 Å².